The minimum absolute atomic E-state index is 0.104. The van der Waals surface area contributed by atoms with Crippen LogP contribution in [0.15, 0.2) is 18.2 Å². The number of hydrogen-bond acceptors (Lipinski definition) is 3. The SMILES string of the molecule is CC(C)(C)CC(O)c1ccc2c(c1)OCCO2. The fourth-order valence-corrected chi connectivity index (χ4v) is 1.97. The van der Waals surface area contributed by atoms with Gasteiger partial charge in [-0.25, -0.2) is 0 Å². The zero-order chi connectivity index (χ0) is 12.5. The molecular weight excluding hydrogens is 216 g/mol. The van der Waals surface area contributed by atoms with Crippen LogP contribution < -0.4 is 9.47 Å². The second-order valence-corrected chi connectivity index (χ2v) is 5.68. The molecule has 0 fully saturated rings. The van der Waals surface area contributed by atoms with Crippen LogP contribution in [0.1, 0.15) is 38.9 Å². The predicted molar refractivity (Wildman–Crippen MR) is 66.5 cm³/mol. The molecule has 1 aliphatic rings. The van der Waals surface area contributed by atoms with E-state index >= 15 is 0 Å². The highest BCUT2D eigenvalue weighted by atomic mass is 16.6. The minimum Gasteiger partial charge on any atom is -0.486 e. The zero-order valence-corrected chi connectivity index (χ0v) is 10.7. The topological polar surface area (TPSA) is 38.7 Å². The predicted octanol–water partition coefficient (Wildman–Crippen LogP) is 2.93. The average molecular weight is 236 g/mol. The lowest BCUT2D eigenvalue weighted by atomic mass is 9.87. The molecule has 0 spiro atoms. The zero-order valence-electron chi connectivity index (χ0n) is 10.7. The Balaban J connectivity index is 2.16. The van der Waals surface area contributed by atoms with E-state index in [0.29, 0.717) is 13.2 Å². The van der Waals surface area contributed by atoms with E-state index in [1.165, 1.54) is 0 Å². The van der Waals surface area contributed by atoms with Crippen LogP contribution in [-0.4, -0.2) is 18.3 Å². The van der Waals surface area contributed by atoms with Crippen LogP contribution in [0.5, 0.6) is 11.5 Å². The highest BCUT2D eigenvalue weighted by Crippen LogP contribution is 2.35. The molecule has 0 amide bonds. The smallest absolute Gasteiger partial charge is 0.161 e. The van der Waals surface area contributed by atoms with E-state index < -0.39 is 6.10 Å². The van der Waals surface area contributed by atoms with Crippen molar-refractivity contribution < 1.29 is 14.6 Å². The van der Waals surface area contributed by atoms with E-state index in [1.807, 2.05) is 18.2 Å². The van der Waals surface area contributed by atoms with Crippen molar-refractivity contribution in [2.75, 3.05) is 13.2 Å². The van der Waals surface area contributed by atoms with Crippen LogP contribution in [0.4, 0.5) is 0 Å². The van der Waals surface area contributed by atoms with E-state index in [2.05, 4.69) is 20.8 Å². The van der Waals surface area contributed by atoms with Crippen LogP contribution in [-0.2, 0) is 0 Å². The number of rotatable bonds is 2. The molecule has 94 valence electrons. The van der Waals surface area contributed by atoms with Crippen LogP contribution in [0, 0.1) is 5.41 Å². The molecule has 1 heterocycles. The van der Waals surface area contributed by atoms with Crippen LogP contribution >= 0.6 is 0 Å². The summed E-state index contributed by atoms with van der Waals surface area (Å²) >= 11 is 0. The lowest BCUT2D eigenvalue weighted by molar-refractivity contribution is 0.121. The molecule has 0 aromatic heterocycles. The van der Waals surface area contributed by atoms with Gasteiger partial charge >= 0.3 is 0 Å². The standard InChI is InChI=1S/C14H20O3/c1-14(2,3)9-11(15)10-4-5-12-13(8-10)17-7-6-16-12/h4-5,8,11,15H,6-7,9H2,1-3H3. The molecule has 17 heavy (non-hydrogen) atoms. The molecule has 0 saturated carbocycles. The van der Waals surface area contributed by atoms with Crippen molar-refractivity contribution in [3.05, 3.63) is 23.8 Å². The quantitative estimate of drug-likeness (QED) is 0.858. The van der Waals surface area contributed by atoms with Gasteiger partial charge in [-0.15, -0.1) is 0 Å². The van der Waals surface area contributed by atoms with Crippen LogP contribution in [0.25, 0.3) is 0 Å². The Morgan fingerprint density at radius 1 is 1.18 bits per heavy atom. The molecule has 3 heteroatoms. The van der Waals surface area contributed by atoms with E-state index in [1.54, 1.807) is 0 Å². The van der Waals surface area contributed by atoms with Crippen molar-refractivity contribution in [2.45, 2.75) is 33.3 Å². The van der Waals surface area contributed by atoms with Crippen LogP contribution in [0.3, 0.4) is 0 Å². The number of aliphatic hydroxyl groups excluding tert-OH is 1. The van der Waals surface area contributed by atoms with Crippen molar-refractivity contribution in [3.63, 3.8) is 0 Å². The third kappa shape index (κ3) is 3.13. The molecule has 0 saturated heterocycles. The molecular formula is C14H20O3. The van der Waals surface area contributed by atoms with Gasteiger partial charge in [0.05, 0.1) is 6.10 Å². The molecule has 0 radical (unpaired) electrons. The molecule has 1 aromatic carbocycles. The number of hydrogen-bond donors (Lipinski definition) is 1. The summed E-state index contributed by atoms with van der Waals surface area (Å²) < 4.78 is 11.0. The Kier molecular flexibility index (Phi) is 3.29. The van der Waals surface area contributed by atoms with Gasteiger partial charge in [-0.1, -0.05) is 26.8 Å². The van der Waals surface area contributed by atoms with Crippen molar-refractivity contribution in [1.82, 2.24) is 0 Å². The van der Waals surface area contributed by atoms with Gasteiger partial charge in [0, 0.05) is 0 Å². The molecule has 2 rings (SSSR count). The van der Waals surface area contributed by atoms with Crippen molar-refractivity contribution in [1.29, 1.82) is 0 Å². The normalized spacial score (nSPS) is 16.7. The summed E-state index contributed by atoms with van der Waals surface area (Å²) in [5.74, 6) is 1.50. The summed E-state index contributed by atoms with van der Waals surface area (Å²) in [7, 11) is 0. The molecule has 1 aromatic rings. The Hall–Kier alpha value is -1.22. The molecule has 1 N–H and O–H groups in total. The van der Waals surface area contributed by atoms with Gasteiger partial charge in [0.25, 0.3) is 0 Å². The van der Waals surface area contributed by atoms with Gasteiger partial charge in [-0.05, 0) is 29.5 Å². The lowest BCUT2D eigenvalue weighted by Gasteiger charge is -2.24. The summed E-state index contributed by atoms with van der Waals surface area (Å²) in [6.45, 7) is 7.53. The monoisotopic (exact) mass is 236 g/mol. The molecule has 3 nitrogen and oxygen atoms in total. The summed E-state index contributed by atoms with van der Waals surface area (Å²) in [4.78, 5) is 0. The number of benzene rings is 1. The maximum Gasteiger partial charge on any atom is 0.161 e. The molecule has 0 bridgehead atoms. The molecule has 1 aliphatic heterocycles. The van der Waals surface area contributed by atoms with Gasteiger partial charge in [0.1, 0.15) is 13.2 Å². The van der Waals surface area contributed by atoms with E-state index in [0.717, 1.165) is 23.5 Å². The summed E-state index contributed by atoms with van der Waals surface area (Å²) in [5, 5.41) is 10.2. The molecule has 0 aliphatic carbocycles. The second kappa shape index (κ2) is 4.57. The molecule has 1 unspecified atom stereocenters. The Labute approximate surface area is 102 Å². The van der Waals surface area contributed by atoms with Gasteiger partial charge in [0.2, 0.25) is 0 Å². The largest absolute Gasteiger partial charge is 0.486 e. The third-order valence-electron chi connectivity index (χ3n) is 2.76. The fourth-order valence-electron chi connectivity index (χ4n) is 1.97. The first-order valence-electron chi connectivity index (χ1n) is 6.03. The highest BCUT2D eigenvalue weighted by molar-refractivity contribution is 5.44. The third-order valence-corrected chi connectivity index (χ3v) is 2.76. The highest BCUT2D eigenvalue weighted by Gasteiger charge is 2.20. The Morgan fingerprint density at radius 3 is 2.47 bits per heavy atom. The van der Waals surface area contributed by atoms with Crippen LogP contribution in [0.2, 0.25) is 0 Å². The van der Waals surface area contributed by atoms with Crippen molar-refractivity contribution in [2.24, 2.45) is 5.41 Å². The summed E-state index contributed by atoms with van der Waals surface area (Å²) in [6.07, 6.45) is 0.276. The minimum atomic E-state index is -0.453. The lowest BCUT2D eigenvalue weighted by Crippen LogP contribution is -2.16. The maximum atomic E-state index is 10.2. The van der Waals surface area contributed by atoms with Gasteiger partial charge in [0.15, 0.2) is 11.5 Å². The van der Waals surface area contributed by atoms with E-state index in [4.69, 9.17) is 9.47 Å². The van der Waals surface area contributed by atoms with E-state index in [-0.39, 0.29) is 5.41 Å². The van der Waals surface area contributed by atoms with Gasteiger partial charge < -0.3 is 14.6 Å². The first kappa shape index (κ1) is 12.2. The molecule has 1 atom stereocenters. The number of fused-ring (bicyclic) bond motifs is 1. The summed E-state index contributed by atoms with van der Waals surface area (Å²) in [6, 6.07) is 5.66. The van der Waals surface area contributed by atoms with E-state index in [9.17, 15) is 5.11 Å². The van der Waals surface area contributed by atoms with Crippen molar-refractivity contribution in [3.8, 4) is 11.5 Å². The van der Waals surface area contributed by atoms with Gasteiger partial charge in [-0.2, -0.15) is 0 Å². The van der Waals surface area contributed by atoms with Gasteiger partial charge in [-0.3, -0.25) is 0 Å². The first-order valence-corrected chi connectivity index (χ1v) is 6.03. The average Bonchev–Trinajstić information content (AvgIpc) is 2.26. The number of aliphatic hydroxyl groups is 1. The number of ether oxygens (including phenoxy) is 2. The fraction of sp³-hybridized carbons (Fsp3) is 0.571. The Morgan fingerprint density at radius 2 is 1.82 bits per heavy atom. The van der Waals surface area contributed by atoms with Crippen molar-refractivity contribution >= 4 is 0 Å². The summed E-state index contributed by atoms with van der Waals surface area (Å²) in [5.41, 5.74) is 0.997. The Bertz CT molecular complexity index is 393. The maximum absolute atomic E-state index is 10.2. The second-order valence-electron chi connectivity index (χ2n) is 5.68. The first-order chi connectivity index (χ1) is 7.96.